The molecule has 0 N–H and O–H groups in total. The van der Waals surface area contributed by atoms with Crippen molar-refractivity contribution in [3.05, 3.63) is 78.0 Å². The Bertz CT molecular complexity index is 998. The van der Waals surface area contributed by atoms with E-state index in [0.29, 0.717) is 11.3 Å². The molecule has 7 nitrogen and oxygen atoms in total. The lowest BCUT2D eigenvalue weighted by Crippen LogP contribution is -2.06. The van der Waals surface area contributed by atoms with Crippen molar-refractivity contribution in [1.29, 1.82) is 0 Å². The van der Waals surface area contributed by atoms with E-state index >= 15 is 0 Å². The maximum atomic E-state index is 12.2. The normalized spacial score (nSPS) is 10.6. The average Bonchev–Trinajstić information content (AvgIpc) is 3.39. The molecule has 128 valence electrons. The van der Waals surface area contributed by atoms with E-state index in [0.717, 1.165) is 16.4 Å². The summed E-state index contributed by atoms with van der Waals surface area (Å²) in [6.07, 6.45) is 4.77. The summed E-state index contributed by atoms with van der Waals surface area (Å²) in [6, 6.07) is 12.6. The van der Waals surface area contributed by atoms with Crippen LogP contribution < -0.4 is 0 Å². The van der Waals surface area contributed by atoms with Crippen LogP contribution >= 0.6 is 11.3 Å². The molecular weight excluding hydrogens is 350 g/mol. The van der Waals surface area contributed by atoms with Crippen LogP contribution in [0, 0.1) is 0 Å². The molecule has 8 heteroatoms. The second-order valence-electron chi connectivity index (χ2n) is 5.32. The topological polar surface area (TPSA) is 82.8 Å². The lowest BCUT2D eigenvalue weighted by molar-refractivity contribution is 0.0468. The molecule has 0 aliphatic carbocycles. The molecule has 0 aliphatic heterocycles. The van der Waals surface area contributed by atoms with E-state index < -0.39 is 5.97 Å². The lowest BCUT2D eigenvalue weighted by atomic mass is 10.2. The third kappa shape index (κ3) is 3.50. The second-order valence-corrected chi connectivity index (χ2v) is 6.18. The van der Waals surface area contributed by atoms with Crippen molar-refractivity contribution in [1.82, 2.24) is 24.7 Å². The molecule has 0 bridgehead atoms. The fourth-order valence-corrected chi connectivity index (χ4v) is 3.07. The first-order valence-electron chi connectivity index (χ1n) is 7.77. The number of benzene rings is 1. The molecule has 0 amide bonds. The van der Waals surface area contributed by atoms with E-state index in [1.165, 1.54) is 17.7 Å². The van der Waals surface area contributed by atoms with Gasteiger partial charge >= 0.3 is 5.97 Å². The molecule has 3 heterocycles. The fraction of sp³-hybridized carbons (Fsp3) is 0.0556. The van der Waals surface area contributed by atoms with Crippen LogP contribution in [0.1, 0.15) is 16.1 Å². The van der Waals surface area contributed by atoms with Gasteiger partial charge in [0.2, 0.25) is 0 Å². The number of hydrogen-bond donors (Lipinski definition) is 0. The number of thiazole rings is 1. The number of ether oxygens (including phenoxy) is 1. The maximum Gasteiger partial charge on any atom is 0.338 e. The van der Waals surface area contributed by atoms with Gasteiger partial charge in [-0.25, -0.2) is 19.4 Å². The van der Waals surface area contributed by atoms with E-state index in [1.54, 1.807) is 41.5 Å². The molecule has 0 radical (unpaired) electrons. The predicted molar refractivity (Wildman–Crippen MR) is 95.8 cm³/mol. The SMILES string of the molecule is O=C(OCc1csc(-c2ccccn2)n1)c1ccc(-n2cncn2)cc1. The van der Waals surface area contributed by atoms with Gasteiger partial charge in [-0.1, -0.05) is 6.07 Å². The van der Waals surface area contributed by atoms with Gasteiger partial charge in [-0.2, -0.15) is 5.10 Å². The highest BCUT2D eigenvalue weighted by molar-refractivity contribution is 7.13. The summed E-state index contributed by atoms with van der Waals surface area (Å²) in [6.45, 7) is 0.118. The highest BCUT2D eigenvalue weighted by Gasteiger charge is 2.11. The Labute approximate surface area is 153 Å². The van der Waals surface area contributed by atoms with Crippen LogP contribution in [0.3, 0.4) is 0 Å². The van der Waals surface area contributed by atoms with Crippen molar-refractivity contribution in [3.63, 3.8) is 0 Å². The van der Waals surface area contributed by atoms with Gasteiger partial charge in [0, 0.05) is 11.6 Å². The van der Waals surface area contributed by atoms with Gasteiger partial charge in [0.05, 0.1) is 22.6 Å². The van der Waals surface area contributed by atoms with Crippen LogP contribution in [0.2, 0.25) is 0 Å². The minimum atomic E-state index is -0.400. The van der Waals surface area contributed by atoms with Crippen LogP contribution in [-0.2, 0) is 11.3 Å². The zero-order chi connectivity index (χ0) is 17.8. The first-order chi connectivity index (χ1) is 12.8. The van der Waals surface area contributed by atoms with Gasteiger partial charge in [-0.3, -0.25) is 4.98 Å². The quantitative estimate of drug-likeness (QED) is 0.507. The monoisotopic (exact) mass is 363 g/mol. The molecule has 4 rings (SSSR count). The predicted octanol–water partition coefficient (Wildman–Crippen LogP) is 3.14. The lowest BCUT2D eigenvalue weighted by Gasteiger charge is -2.04. The van der Waals surface area contributed by atoms with Gasteiger partial charge in [0.1, 0.15) is 24.3 Å². The van der Waals surface area contributed by atoms with Crippen molar-refractivity contribution in [2.24, 2.45) is 0 Å². The van der Waals surface area contributed by atoms with E-state index in [2.05, 4.69) is 20.1 Å². The van der Waals surface area contributed by atoms with E-state index in [1.807, 2.05) is 23.6 Å². The zero-order valence-corrected chi connectivity index (χ0v) is 14.3. The molecule has 3 aromatic heterocycles. The van der Waals surface area contributed by atoms with Gasteiger partial charge in [0.15, 0.2) is 0 Å². The van der Waals surface area contributed by atoms with Crippen LogP contribution in [0.5, 0.6) is 0 Å². The third-order valence-electron chi connectivity index (χ3n) is 3.57. The highest BCUT2D eigenvalue weighted by atomic mass is 32.1. The highest BCUT2D eigenvalue weighted by Crippen LogP contribution is 2.22. The van der Waals surface area contributed by atoms with Crippen LogP contribution in [0.15, 0.2) is 66.7 Å². The summed E-state index contributed by atoms with van der Waals surface area (Å²) in [5.74, 6) is -0.400. The van der Waals surface area contributed by atoms with Crippen molar-refractivity contribution in [3.8, 4) is 16.4 Å². The fourth-order valence-electron chi connectivity index (χ4n) is 2.29. The Morgan fingerprint density at radius 3 is 2.77 bits per heavy atom. The number of rotatable bonds is 5. The molecule has 0 aliphatic rings. The minimum Gasteiger partial charge on any atom is -0.456 e. The molecule has 0 atom stereocenters. The van der Waals surface area contributed by atoms with Crippen LogP contribution in [-0.4, -0.2) is 30.7 Å². The Hall–Kier alpha value is -3.39. The molecule has 0 spiro atoms. The van der Waals surface area contributed by atoms with Gasteiger partial charge in [0.25, 0.3) is 0 Å². The molecule has 1 aromatic carbocycles. The van der Waals surface area contributed by atoms with Crippen LogP contribution in [0.25, 0.3) is 16.4 Å². The summed E-state index contributed by atoms with van der Waals surface area (Å²) in [4.78, 5) is 24.8. The smallest absolute Gasteiger partial charge is 0.338 e. The molecule has 0 saturated heterocycles. The number of hydrogen-bond acceptors (Lipinski definition) is 7. The summed E-state index contributed by atoms with van der Waals surface area (Å²) < 4.78 is 6.96. The zero-order valence-electron chi connectivity index (χ0n) is 13.5. The minimum absolute atomic E-state index is 0.118. The largest absolute Gasteiger partial charge is 0.456 e. The second kappa shape index (κ2) is 7.24. The molecule has 0 saturated carbocycles. The number of carbonyl (C=O) groups is 1. The van der Waals surface area contributed by atoms with Crippen molar-refractivity contribution >= 4 is 17.3 Å². The van der Waals surface area contributed by atoms with E-state index in [4.69, 9.17) is 4.74 Å². The molecular formula is C18H13N5O2S. The maximum absolute atomic E-state index is 12.2. The first-order valence-corrected chi connectivity index (χ1v) is 8.65. The summed E-state index contributed by atoms with van der Waals surface area (Å²) in [5, 5.41) is 6.71. The number of aromatic nitrogens is 5. The van der Waals surface area contributed by atoms with Crippen molar-refractivity contribution in [2.75, 3.05) is 0 Å². The Morgan fingerprint density at radius 2 is 2.04 bits per heavy atom. The molecule has 0 unspecified atom stereocenters. The third-order valence-corrected chi connectivity index (χ3v) is 4.49. The Kier molecular flexibility index (Phi) is 4.48. The van der Waals surface area contributed by atoms with Gasteiger partial charge in [-0.15, -0.1) is 11.3 Å². The Balaban J connectivity index is 1.39. The van der Waals surface area contributed by atoms with E-state index in [9.17, 15) is 4.79 Å². The number of esters is 1. The van der Waals surface area contributed by atoms with Crippen molar-refractivity contribution < 1.29 is 9.53 Å². The Morgan fingerprint density at radius 1 is 1.15 bits per heavy atom. The molecule has 0 fully saturated rings. The summed E-state index contributed by atoms with van der Waals surface area (Å²) in [7, 11) is 0. The standard InChI is InChI=1S/C18H13N5O2S/c24-18(13-4-6-15(7-5-13)23-12-19-11-21-23)25-9-14-10-26-17(22-14)16-3-1-2-8-20-16/h1-8,10-12H,9H2. The average molecular weight is 363 g/mol. The number of carbonyl (C=O) groups excluding carboxylic acids is 1. The first kappa shape index (κ1) is 16.1. The number of nitrogens with zero attached hydrogens (tertiary/aromatic N) is 5. The van der Waals surface area contributed by atoms with E-state index in [-0.39, 0.29) is 6.61 Å². The van der Waals surface area contributed by atoms with Gasteiger partial charge in [-0.05, 0) is 36.4 Å². The summed E-state index contributed by atoms with van der Waals surface area (Å²) >= 11 is 1.47. The molecule has 4 aromatic rings. The van der Waals surface area contributed by atoms with Crippen molar-refractivity contribution in [2.45, 2.75) is 6.61 Å². The summed E-state index contributed by atoms with van der Waals surface area (Å²) in [5.41, 5.74) is 2.79. The molecule has 26 heavy (non-hydrogen) atoms. The number of pyridine rings is 1. The van der Waals surface area contributed by atoms with Crippen LogP contribution in [0.4, 0.5) is 0 Å². The van der Waals surface area contributed by atoms with Gasteiger partial charge < -0.3 is 4.74 Å².